The van der Waals surface area contributed by atoms with Crippen LogP contribution in [0.3, 0.4) is 0 Å². The molecule has 1 fully saturated rings. The fraction of sp³-hybridized carbons (Fsp3) is 0.833. The summed E-state index contributed by atoms with van der Waals surface area (Å²) in [7, 11) is 0. The fourth-order valence-electron chi connectivity index (χ4n) is 1.95. The maximum Gasteiger partial charge on any atom is 0.245 e. The van der Waals surface area contributed by atoms with Gasteiger partial charge in [0.2, 0.25) is 11.8 Å². The lowest BCUT2D eigenvalue weighted by molar-refractivity contribution is -0.133. The zero-order valence-corrected chi connectivity index (χ0v) is 11.7. The van der Waals surface area contributed by atoms with Crippen LogP contribution in [0.1, 0.15) is 26.7 Å². The van der Waals surface area contributed by atoms with Gasteiger partial charge in [-0.2, -0.15) is 11.8 Å². The van der Waals surface area contributed by atoms with Crippen molar-refractivity contribution in [1.29, 1.82) is 0 Å². The SMILES string of the molecule is CSCCN1CCC(=O)NC(CC(C)C)C1=O. The van der Waals surface area contributed by atoms with Crippen LogP contribution in [-0.2, 0) is 9.59 Å². The highest BCUT2D eigenvalue weighted by atomic mass is 32.2. The number of amides is 2. The van der Waals surface area contributed by atoms with Crippen molar-refractivity contribution in [3.8, 4) is 0 Å². The lowest BCUT2D eigenvalue weighted by atomic mass is 10.0. The average molecular weight is 258 g/mol. The Morgan fingerprint density at radius 1 is 1.47 bits per heavy atom. The molecular weight excluding hydrogens is 236 g/mol. The molecule has 0 bridgehead atoms. The van der Waals surface area contributed by atoms with Gasteiger partial charge in [0.1, 0.15) is 6.04 Å². The van der Waals surface area contributed by atoms with Gasteiger partial charge in [-0.05, 0) is 18.6 Å². The second-order valence-corrected chi connectivity index (χ2v) is 5.80. The molecule has 2 amide bonds. The summed E-state index contributed by atoms with van der Waals surface area (Å²) in [5, 5.41) is 2.83. The second kappa shape index (κ2) is 6.89. The van der Waals surface area contributed by atoms with Crippen LogP contribution in [-0.4, -0.2) is 47.9 Å². The molecule has 0 aromatic rings. The van der Waals surface area contributed by atoms with Crippen molar-refractivity contribution in [2.75, 3.05) is 25.1 Å². The number of nitrogens with zero attached hydrogens (tertiary/aromatic N) is 1. The quantitative estimate of drug-likeness (QED) is 0.804. The van der Waals surface area contributed by atoms with Crippen molar-refractivity contribution in [1.82, 2.24) is 10.2 Å². The molecule has 0 saturated carbocycles. The van der Waals surface area contributed by atoms with Crippen molar-refractivity contribution in [2.24, 2.45) is 5.92 Å². The van der Waals surface area contributed by atoms with Crippen molar-refractivity contribution < 1.29 is 9.59 Å². The third-order valence-electron chi connectivity index (χ3n) is 2.83. The first-order valence-corrected chi connectivity index (χ1v) is 7.51. The van der Waals surface area contributed by atoms with Gasteiger partial charge in [-0.3, -0.25) is 9.59 Å². The highest BCUT2D eigenvalue weighted by Crippen LogP contribution is 2.12. The van der Waals surface area contributed by atoms with E-state index in [9.17, 15) is 9.59 Å². The summed E-state index contributed by atoms with van der Waals surface area (Å²) in [5.74, 6) is 1.41. The third kappa shape index (κ3) is 4.58. The molecule has 1 aliphatic heterocycles. The van der Waals surface area contributed by atoms with E-state index in [0.29, 0.717) is 18.9 Å². The Bertz CT molecular complexity index is 282. The van der Waals surface area contributed by atoms with Gasteiger partial charge in [0.15, 0.2) is 0 Å². The van der Waals surface area contributed by atoms with E-state index in [4.69, 9.17) is 0 Å². The summed E-state index contributed by atoms with van der Waals surface area (Å²) in [6.45, 7) is 5.43. The molecule has 1 N–H and O–H groups in total. The number of carbonyl (C=O) groups is 2. The molecule has 0 aromatic heterocycles. The molecular formula is C12H22N2O2S. The number of carbonyl (C=O) groups excluding carboxylic acids is 2. The summed E-state index contributed by atoms with van der Waals surface area (Å²) in [4.78, 5) is 25.6. The molecule has 1 unspecified atom stereocenters. The van der Waals surface area contributed by atoms with Crippen LogP contribution < -0.4 is 5.32 Å². The molecule has 17 heavy (non-hydrogen) atoms. The number of rotatable bonds is 5. The van der Waals surface area contributed by atoms with Crippen LogP contribution in [0.25, 0.3) is 0 Å². The van der Waals surface area contributed by atoms with Crippen LogP contribution in [0.15, 0.2) is 0 Å². The molecule has 0 spiro atoms. The highest BCUT2D eigenvalue weighted by molar-refractivity contribution is 7.98. The van der Waals surface area contributed by atoms with Crippen molar-refractivity contribution in [2.45, 2.75) is 32.7 Å². The standard InChI is InChI=1S/C12H22N2O2S/c1-9(2)8-10-12(16)14(6-7-17-3)5-4-11(15)13-10/h9-10H,4-8H2,1-3H3,(H,13,15). The minimum Gasteiger partial charge on any atom is -0.344 e. The molecule has 1 aliphatic rings. The first-order valence-electron chi connectivity index (χ1n) is 6.11. The first-order chi connectivity index (χ1) is 8.04. The first kappa shape index (κ1) is 14.4. The smallest absolute Gasteiger partial charge is 0.245 e. The summed E-state index contributed by atoms with van der Waals surface area (Å²) < 4.78 is 0. The Balaban J connectivity index is 2.67. The molecule has 98 valence electrons. The van der Waals surface area contributed by atoms with E-state index in [-0.39, 0.29) is 17.9 Å². The molecule has 4 nitrogen and oxygen atoms in total. The van der Waals surface area contributed by atoms with Gasteiger partial charge in [0.05, 0.1) is 0 Å². The van der Waals surface area contributed by atoms with Gasteiger partial charge in [0, 0.05) is 25.3 Å². The van der Waals surface area contributed by atoms with E-state index in [2.05, 4.69) is 19.2 Å². The van der Waals surface area contributed by atoms with E-state index in [1.54, 1.807) is 11.8 Å². The average Bonchev–Trinajstić information content (AvgIpc) is 2.38. The molecule has 5 heteroatoms. The Hall–Kier alpha value is -0.710. The zero-order valence-electron chi connectivity index (χ0n) is 10.9. The molecule has 1 heterocycles. The minimum atomic E-state index is -0.327. The van der Waals surface area contributed by atoms with Gasteiger partial charge in [-0.1, -0.05) is 13.8 Å². The third-order valence-corrected chi connectivity index (χ3v) is 3.42. The van der Waals surface area contributed by atoms with E-state index in [1.165, 1.54) is 0 Å². The van der Waals surface area contributed by atoms with Crippen molar-refractivity contribution in [3.05, 3.63) is 0 Å². The predicted molar refractivity (Wildman–Crippen MR) is 71.0 cm³/mol. The van der Waals surface area contributed by atoms with E-state index >= 15 is 0 Å². The summed E-state index contributed by atoms with van der Waals surface area (Å²) in [6, 6.07) is -0.327. The normalized spacial score (nSPS) is 21.6. The number of nitrogens with one attached hydrogen (secondary N) is 1. The minimum absolute atomic E-state index is 0.00403. The number of hydrogen-bond acceptors (Lipinski definition) is 3. The lowest BCUT2D eigenvalue weighted by Crippen LogP contribution is -2.45. The fourth-order valence-corrected chi connectivity index (χ4v) is 2.35. The second-order valence-electron chi connectivity index (χ2n) is 4.82. The monoisotopic (exact) mass is 258 g/mol. The Kier molecular flexibility index (Phi) is 5.82. The van der Waals surface area contributed by atoms with Crippen LogP contribution in [0.5, 0.6) is 0 Å². The van der Waals surface area contributed by atoms with Gasteiger partial charge < -0.3 is 10.2 Å². The topological polar surface area (TPSA) is 49.4 Å². The van der Waals surface area contributed by atoms with E-state index in [1.807, 2.05) is 11.2 Å². The largest absolute Gasteiger partial charge is 0.344 e. The Morgan fingerprint density at radius 3 is 2.76 bits per heavy atom. The molecule has 1 rings (SSSR count). The van der Waals surface area contributed by atoms with Gasteiger partial charge >= 0.3 is 0 Å². The molecule has 1 saturated heterocycles. The molecule has 1 atom stereocenters. The zero-order chi connectivity index (χ0) is 12.8. The van der Waals surface area contributed by atoms with E-state index in [0.717, 1.165) is 18.7 Å². The van der Waals surface area contributed by atoms with Gasteiger partial charge in [-0.25, -0.2) is 0 Å². The van der Waals surface area contributed by atoms with Gasteiger partial charge in [-0.15, -0.1) is 0 Å². The summed E-state index contributed by atoms with van der Waals surface area (Å²) in [6.07, 6.45) is 3.17. The van der Waals surface area contributed by atoms with Crippen LogP contribution in [0.2, 0.25) is 0 Å². The number of hydrogen-bond donors (Lipinski definition) is 1. The maximum atomic E-state index is 12.2. The highest BCUT2D eigenvalue weighted by Gasteiger charge is 2.29. The molecule has 0 aromatic carbocycles. The van der Waals surface area contributed by atoms with Crippen molar-refractivity contribution >= 4 is 23.6 Å². The molecule has 0 radical (unpaired) electrons. The Morgan fingerprint density at radius 2 is 2.18 bits per heavy atom. The van der Waals surface area contributed by atoms with Crippen LogP contribution in [0, 0.1) is 5.92 Å². The molecule has 0 aliphatic carbocycles. The van der Waals surface area contributed by atoms with Crippen molar-refractivity contribution in [3.63, 3.8) is 0 Å². The summed E-state index contributed by atoms with van der Waals surface area (Å²) in [5.41, 5.74) is 0. The van der Waals surface area contributed by atoms with E-state index < -0.39 is 0 Å². The predicted octanol–water partition coefficient (Wildman–Crippen LogP) is 1.11. The Labute approximate surface area is 108 Å². The number of thioether (sulfide) groups is 1. The van der Waals surface area contributed by atoms with Gasteiger partial charge in [0.25, 0.3) is 0 Å². The summed E-state index contributed by atoms with van der Waals surface area (Å²) >= 11 is 1.72. The van der Waals surface area contributed by atoms with Crippen LogP contribution >= 0.6 is 11.8 Å². The lowest BCUT2D eigenvalue weighted by Gasteiger charge is -2.24. The van der Waals surface area contributed by atoms with Crippen LogP contribution in [0.4, 0.5) is 0 Å². The maximum absolute atomic E-state index is 12.2.